The Bertz CT molecular complexity index is 457. The molecule has 0 aliphatic carbocycles. The van der Waals surface area contributed by atoms with Crippen molar-refractivity contribution in [2.45, 2.75) is 12.8 Å². The Hall–Kier alpha value is -1.47. The Labute approximate surface area is 109 Å². The van der Waals surface area contributed by atoms with Gasteiger partial charge in [0, 0.05) is 19.7 Å². The van der Waals surface area contributed by atoms with Gasteiger partial charge in [0.15, 0.2) is 0 Å². The molecule has 1 atom stereocenters. The fourth-order valence-corrected chi connectivity index (χ4v) is 2.34. The zero-order chi connectivity index (χ0) is 13.1. The number of aliphatic hydroxyl groups is 1. The van der Waals surface area contributed by atoms with E-state index in [1.165, 1.54) is 6.33 Å². The van der Waals surface area contributed by atoms with E-state index in [1.807, 2.05) is 0 Å². The average molecular weight is 273 g/mol. The maximum Gasteiger partial charge on any atom is 0.348 e. The Morgan fingerprint density at radius 1 is 1.61 bits per heavy atom. The van der Waals surface area contributed by atoms with Gasteiger partial charge in [0.2, 0.25) is 11.0 Å². The number of piperidine rings is 1. The van der Waals surface area contributed by atoms with Crippen LogP contribution in [0.15, 0.2) is 6.33 Å². The standard InChI is InChI=1S/C10H13ClN4O3/c11-9-8(15(17)18)10(13-6-12-9)14-3-1-2-7(4-14)5-16/h6-7,16H,1-5H2. The molecule has 98 valence electrons. The second-order valence-electron chi connectivity index (χ2n) is 4.23. The first kappa shape index (κ1) is 13.0. The maximum atomic E-state index is 11.0. The Morgan fingerprint density at radius 3 is 3.06 bits per heavy atom. The van der Waals surface area contributed by atoms with Crippen LogP contribution in [0.2, 0.25) is 5.15 Å². The molecule has 7 nitrogen and oxygen atoms in total. The molecule has 1 aromatic rings. The molecule has 0 bridgehead atoms. The van der Waals surface area contributed by atoms with Gasteiger partial charge in [-0.3, -0.25) is 10.1 Å². The smallest absolute Gasteiger partial charge is 0.348 e. The lowest BCUT2D eigenvalue weighted by Gasteiger charge is -2.32. The van der Waals surface area contributed by atoms with Gasteiger partial charge in [0.25, 0.3) is 0 Å². The van der Waals surface area contributed by atoms with E-state index in [2.05, 4.69) is 9.97 Å². The molecule has 0 spiro atoms. The monoisotopic (exact) mass is 272 g/mol. The SMILES string of the molecule is O=[N+]([O-])c1c(Cl)ncnc1N1CCCC(CO)C1. The largest absolute Gasteiger partial charge is 0.396 e. The van der Waals surface area contributed by atoms with Crippen LogP contribution in [-0.4, -0.2) is 39.7 Å². The van der Waals surface area contributed by atoms with Crippen molar-refractivity contribution >= 4 is 23.1 Å². The van der Waals surface area contributed by atoms with Crippen LogP contribution in [0.25, 0.3) is 0 Å². The number of anilines is 1. The molecule has 18 heavy (non-hydrogen) atoms. The van der Waals surface area contributed by atoms with Gasteiger partial charge in [0.1, 0.15) is 6.33 Å². The second-order valence-corrected chi connectivity index (χ2v) is 4.59. The van der Waals surface area contributed by atoms with Crippen molar-refractivity contribution in [2.24, 2.45) is 5.92 Å². The molecule has 1 unspecified atom stereocenters. The fraction of sp³-hybridized carbons (Fsp3) is 0.600. The summed E-state index contributed by atoms with van der Waals surface area (Å²) in [4.78, 5) is 19.8. The van der Waals surface area contributed by atoms with Crippen molar-refractivity contribution in [1.29, 1.82) is 0 Å². The normalized spacial score (nSPS) is 19.9. The van der Waals surface area contributed by atoms with Gasteiger partial charge in [0.05, 0.1) is 4.92 Å². The molecule has 0 radical (unpaired) electrons. The van der Waals surface area contributed by atoms with Crippen molar-refractivity contribution in [3.05, 3.63) is 21.6 Å². The van der Waals surface area contributed by atoms with Gasteiger partial charge in [-0.2, -0.15) is 0 Å². The Morgan fingerprint density at radius 2 is 2.39 bits per heavy atom. The topological polar surface area (TPSA) is 92.4 Å². The number of rotatable bonds is 3. The summed E-state index contributed by atoms with van der Waals surface area (Å²) in [5, 5.41) is 20.0. The minimum atomic E-state index is -0.569. The molecule has 0 aromatic carbocycles. The van der Waals surface area contributed by atoms with Gasteiger partial charge in [-0.15, -0.1) is 0 Å². The van der Waals surface area contributed by atoms with Crippen molar-refractivity contribution in [3.8, 4) is 0 Å². The van der Waals surface area contributed by atoms with Crippen LogP contribution in [0.4, 0.5) is 11.5 Å². The highest BCUT2D eigenvalue weighted by Gasteiger charge is 2.29. The second kappa shape index (κ2) is 5.45. The predicted octanol–water partition coefficient (Wildman–Crippen LogP) is 1.25. The van der Waals surface area contributed by atoms with Crippen LogP contribution in [0.3, 0.4) is 0 Å². The van der Waals surface area contributed by atoms with Crippen LogP contribution >= 0.6 is 11.6 Å². The number of halogens is 1. The van der Waals surface area contributed by atoms with Crippen molar-refractivity contribution in [2.75, 3.05) is 24.6 Å². The van der Waals surface area contributed by atoms with Gasteiger partial charge >= 0.3 is 5.69 Å². The third-order valence-corrected chi connectivity index (χ3v) is 3.29. The van der Waals surface area contributed by atoms with E-state index in [4.69, 9.17) is 16.7 Å². The highest BCUT2D eigenvalue weighted by atomic mass is 35.5. The first-order valence-corrected chi connectivity index (χ1v) is 6.02. The molecule has 1 N–H and O–H groups in total. The fourth-order valence-electron chi connectivity index (χ4n) is 2.14. The van der Waals surface area contributed by atoms with E-state index >= 15 is 0 Å². The number of nitro groups is 1. The quantitative estimate of drug-likeness (QED) is 0.506. The van der Waals surface area contributed by atoms with Crippen molar-refractivity contribution < 1.29 is 10.0 Å². The Kier molecular flexibility index (Phi) is 3.93. The predicted molar refractivity (Wildman–Crippen MR) is 65.7 cm³/mol. The van der Waals surface area contributed by atoms with Crippen LogP contribution in [0, 0.1) is 16.0 Å². The molecule has 1 aromatic heterocycles. The first-order chi connectivity index (χ1) is 8.63. The summed E-state index contributed by atoms with van der Waals surface area (Å²) in [6.45, 7) is 1.29. The summed E-state index contributed by atoms with van der Waals surface area (Å²) in [5.74, 6) is 0.352. The summed E-state index contributed by atoms with van der Waals surface area (Å²) < 4.78 is 0. The summed E-state index contributed by atoms with van der Waals surface area (Å²) in [6.07, 6.45) is 3.00. The van der Waals surface area contributed by atoms with Crippen LogP contribution in [0.1, 0.15) is 12.8 Å². The van der Waals surface area contributed by atoms with Crippen LogP contribution in [0.5, 0.6) is 0 Å². The van der Waals surface area contributed by atoms with Crippen molar-refractivity contribution in [3.63, 3.8) is 0 Å². The molecule has 1 aliphatic heterocycles. The molecule has 0 saturated carbocycles. The van der Waals surface area contributed by atoms with Gasteiger partial charge in [-0.1, -0.05) is 11.6 Å². The molecule has 2 heterocycles. The lowest BCUT2D eigenvalue weighted by Crippen LogP contribution is -2.37. The van der Waals surface area contributed by atoms with E-state index in [9.17, 15) is 10.1 Å². The third-order valence-electron chi connectivity index (χ3n) is 3.02. The average Bonchev–Trinajstić information content (AvgIpc) is 2.38. The van der Waals surface area contributed by atoms with E-state index in [1.54, 1.807) is 4.90 Å². The molecular formula is C10H13ClN4O3. The third kappa shape index (κ3) is 2.51. The molecule has 8 heteroatoms. The molecule has 1 aliphatic rings. The molecule has 0 amide bonds. The number of aromatic nitrogens is 2. The lowest BCUT2D eigenvalue weighted by molar-refractivity contribution is -0.384. The highest BCUT2D eigenvalue weighted by Crippen LogP contribution is 2.33. The summed E-state index contributed by atoms with van der Waals surface area (Å²) in [6, 6.07) is 0. The lowest BCUT2D eigenvalue weighted by atomic mass is 9.99. The minimum absolute atomic E-state index is 0.0725. The van der Waals surface area contributed by atoms with E-state index in [0.29, 0.717) is 13.1 Å². The zero-order valence-electron chi connectivity index (χ0n) is 9.62. The van der Waals surface area contributed by atoms with Gasteiger partial charge in [-0.05, 0) is 18.8 Å². The van der Waals surface area contributed by atoms with Gasteiger partial charge in [-0.25, -0.2) is 9.97 Å². The summed E-state index contributed by atoms with van der Waals surface area (Å²) in [5.41, 5.74) is -0.266. The molecule has 2 rings (SSSR count). The van der Waals surface area contributed by atoms with Crippen LogP contribution < -0.4 is 4.90 Å². The summed E-state index contributed by atoms with van der Waals surface area (Å²) in [7, 11) is 0. The maximum absolute atomic E-state index is 11.0. The Balaban J connectivity index is 2.32. The van der Waals surface area contributed by atoms with Gasteiger partial charge < -0.3 is 10.0 Å². The van der Waals surface area contributed by atoms with E-state index in [-0.39, 0.29) is 29.2 Å². The summed E-state index contributed by atoms with van der Waals surface area (Å²) >= 11 is 5.75. The highest BCUT2D eigenvalue weighted by molar-refractivity contribution is 6.31. The molecular weight excluding hydrogens is 260 g/mol. The number of hydrogen-bond acceptors (Lipinski definition) is 6. The van der Waals surface area contributed by atoms with E-state index in [0.717, 1.165) is 12.8 Å². The van der Waals surface area contributed by atoms with E-state index < -0.39 is 4.92 Å². The number of nitrogens with zero attached hydrogens (tertiary/aromatic N) is 4. The molecule has 1 saturated heterocycles. The zero-order valence-corrected chi connectivity index (χ0v) is 10.4. The van der Waals surface area contributed by atoms with Crippen LogP contribution in [-0.2, 0) is 0 Å². The number of aliphatic hydroxyl groups excluding tert-OH is 1. The van der Waals surface area contributed by atoms with Crippen molar-refractivity contribution in [1.82, 2.24) is 9.97 Å². The molecule has 1 fully saturated rings. The minimum Gasteiger partial charge on any atom is -0.396 e. The first-order valence-electron chi connectivity index (χ1n) is 5.64. The number of hydrogen-bond donors (Lipinski definition) is 1.